The quantitative estimate of drug-likeness (QED) is 0.654. The van der Waals surface area contributed by atoms with Crippen LogP contribution in [0.25, 0.3) is 0 Å². The van der Waals surface area contributed by atoms with Crippen molar-refractivity contribution in [3.8, 4) is 0 Å². The zero-order valence-electron chi connectivity index (χ0n) is 11.9. The maximum Gasteiger partial charge on any atom is 0.261 e. The predicted octanol–water partition coefficient (Wildman–Crippen LogP) is 2.91. The number of amides is 1. The third kappa shape index (κ3) is 5.10. The van der Waals surface area contributed by atoms with Crippen LogP contribution in [0, 0.1) is 0 Å². The SMILES string of the molecule is C[C@@H](NC(=O)CO/N=C\c1ccccc1)c1ccccc1. The molecule has 1 N–H and O–H groups in total. The first kappa shape index (κ1) is 14.8. The van der Waals surface area contributed by atoms with E-state index in [1.165, 1.54) is 0 Å². The van der Waals surface area contributed by atoms with Gasteiger partial charge in [-0.15, -0.1) is 0 Å². The van der Waals surface area contributed by atoms with Crippen molar-refractivity contribution in [1.82, 2.24) is 5.32 Å². The van der Waals surface area contributed by atoms with Gasteiger partial charge in [0.1, 0.15) is 0 Å². The molecule has 0 spiro atoms. The molecular weight excluding hydrogens is 264 g/mol. The van der Waals surface area contributed by atoms with Gasteiger partial charge in [-0.25, -0.2) is 0 Å². The lowest BCUT2D eigenvalue weighted by molar-refractivity contribution is -0.126. The van der Waals surface area contributed by atoms with Crippen molar-refractivity contribution < 1.29 is 9.63 Å². The molecule has 1 atom stereocenters. The van der Waals surface area contributed by atoms with E-state index in [2.05, 4.69) is 10.5 Å². The lowest BCUT2D eigenvalue weighted by Crippen LogP contribution is -2.29. The van der Waals surface area contributed by atoms with Crippen molar-refractivity contribution in [3.63, 3.8) is 0 Å². The van der Waals surface area contributed by atoms with Gasteiger partial charge in [0, 0.05) is 0 Å². The number of hydrogen-bond donors (Lipinski definition) is 1. The van der Waals surface area contributed by atoms with Gasteiger partial charge in [-0.2, -0.15) is 0 Å². The molecule has 0 aliphatic heterocycles. The van der Waals surface area contributed by atoms with Crippen molar-refractivity contribution in [2.45, 2.75) is 13.0 Å². The Balaban J connectivity index is 1.74. The second-order valence-corrected chi connectivity index (χ2v) is 4.62. The molecule has 2 aromatic carbocycles. The number of benzene rings is 2. The first-order valence-corrected chi connectivity index (χ1v) is 6.80. The lowest BCUT2D eigenvalue weighted by atomic mass is 10.1. The fraction of sp³-hybridized carbons (Fsp3) is 0.176. The Hall–Kier alpha value is -2.62. The van der Waals surface area contributed by atoms with Gasteiger partial charge >= 0.3 is 0 Å². The fourth-order valence-corrected chi connectivity index (χ4v) is 1.84. The lowest BCUT2D eigenvalue weighted by Gasteiger charge is -2.13. The van der Waals surface area contributed by atoms with Gasteiger partial charge in [0.05, 0.1) is 12.3 Å². The van der Waals surface area contributed by atoms with E-state index in [0.717, 1.165) is 11.1 Å². The van der Waals surface area contributed by atoms with Crippen molar-refractivity contribution in [2.24, 2.45) is 5.16 Å². The van der Waals surface area contributed by atoms with Crippen LogP contribution in [0.1, 0.15) is 24.1 Å². The highest BCUT2D eigenvalue weighted by atomic mass is 16.6. The summed E-state index contributed by atoms with van der Waals surface area (Å²) in [5, 5.41) is 6.63. The van der Waals surface area contributed by atoms with Gasteiger partial charge in [-0.1, -0.05) is 65.8 Å². The molecule has 0 bridgehead atoms. The van der Waals surface area contributed by atoms with Crippen molar-refractivity contribution >= 4 is 12.1 Å². The first-order valence-electron chi connectivity index (χ1n) is 6.80. The first-order chi connectivity index (χ1) is 10.3. The van der Waals surface area contributed by atoms with E-state index in [9.17, 15) is 4.79 Å². The van der Waals surface area contributed by atoms with Gasteiger partial charge in [0.15, 0.2) is 6.61 Å². The summed E-state index contributed by atoms with van der Waals surface area (Å²) < 4.78 is 0. The molecular formula is C17H18N2O2. The third-order valence-electron chi connectivity index (χ3n) is 2.95. The van der Waals surface area contributed by atoms with E-state index in [4.69, 9.17) is 4.84 Å². The summed E-state index contributed by atoms with van der Waals surface area (Å²) in [7, 11) is 0. The summed E-state index contributed by atoms with van der Waals surface area (Å²) in [6.07, 6.45) is 1.58. The highest BCUT2D eigenvalue weighted by molar-refractivity contribution is 5.79. The van der Waals surface area contributed by atoms with Crippen molar-refractivity contribution in [3.05, 3.63) is 71.8 Å². The molecule has 1 amide bonds. The molecule has 0 aliphatic carbocycles. The van der Waals surface area contributed by atoms with Gasteiger partial charge in [0.2, 0.25) is 0 Å². The molecule has 0 aromatic heterocycles. The van der Waals surface area contributed by atoms with Crippen LogP contribution in [-0.4, -0.2) is 18.7 Å². The van der Waals surface area contributed by atoms with E-state index in [0.29, 0.717) is 0 Å². The van der Waals surface area contributed by atoms with Crippen LogP contribution >= 0.6 is 0 Å². The zero-order valence-corrected chi connectivity index (χ0v) is 11.9. The van der Waals surface area contributed by atoms with E-state index in [-0.39, 0.29) is 18.6 Å². The van der Waals surface area contributed by atoms with Gasteiger partial charge in [-0.05, 0) is 18.1 Å². The highest BCUT2D eigenvalue weighted by Gasteiger charge is 2.08. The normalized spacial score (nSPS) is 12.0. The predicted molar refractivity (Wildman–Crippen MR) is 83.0 cm³/mol. The maximum atomic E-state index is 11.7. The number of rotatable bonds is 6. The van der Waals surface area contributed by atoms with Crippen LogP contribution in [0.4, 0.5) is 0 Å². The summed E-state index contributed by atoms with van der Waals surface area (Å²) in [5.41, 5.74) is 1.98. The van der Waals surface area contributed by atoms with Crippen LogP contribution in [0.2, 0.25) is 0 Å². The minimum atomic E-state index is -0.198. The second-order valence-electron chi connectivity index (χ2n) is 4.62. The molecule has 4 nitrogen and oxygen atoms in total. The van der Waals surface area contributed by atoms with E-state index >= 15 is 0 Å². The minimum Gasteiger partial charge on any atom is -0.386 e. The Morgan fingerprint density at radius 3 is 2.43 bits per heavy atom. The molecule has 108 valence electrons. The molecule has 0 saturated heterocycles. The molecule has 0 unspecified atom stereocenters. The molecule has 4 heteroatoms. The number of carbonyl (C=O) groups is 1. The Morgan fingerprint density at radius 1 is 1.14 bits per heavy atom. The molecule has 2 aromatic rings. The Labute approximate surface area is 124 Å². The zero-order chi connectivity index (χ0) is 14.9. The summed E-state index contributed by atoms with van der Waals surface area (Å²) in [5.74, 6) is -0.198. The van der Waals surface area contributed by atoms with E-state index in [1.54, 1.807) is 6.21 Å². The maximum absolute atomic E-state index is 11.7. The highest BCUT2D eigenvalue weighted by Crippen LogP contribution is 2.10. The van der Waals surface area contributed by atoms with Gasteiger partial charge < -0.3 is 10.2 Å². The molecule has 2 rings (SSSR count). The average molecular weight is 282 g/mol. The van der Waals surface area contributed by atoms with Gasteiger partial charge in [0.25, 0.3) is 5.91 Å². The number of nitrogens with zero attached hydrogens (tertiary/aromatic N) is 1. The fourth-order valence-electron chi connectivity index (χ4n) is 1.84. The summed E-state index contributed by atoms with van der Waals surface area (Å²) in [6.45, 7) is 1.83. The van der Waals surface area contributed by atoms with E-state index < -0.39 is 0 Å². The van der Waals surface area contributed by atoms with Crippen LogP contribution in [0.3, 0.4) is 0 Å². The third-order valence-corrected chi connectivity index (χ3v) is 2.95. The van der Waals surface area contributed by atoms with E-state index in [1.807, 2.05) is 67.6 Å². The Kier molecular flexibility index (Phi) is 5.52. The summed E-state index contributed by atoms with van der Waals surface area (Å²) in [6, 6.07) is 19.3. The van der Waals surface area contributed by atoms with Crippen LogP contribution in [-0.2, 0) is 9.63 Å². The molecule has 0 radical (unpaired) electrons. The van der Waals surface area contributed by atoms with Crippen molar-refractivity contribution in [1.29, 1.82) is 0 Å². The minimum absolute atomic E-state index is 0.0552. The van der Waals surface area contributed by atoms with Crippen LogP contribution in [0.5, 0.6) is 0 Å². The Bertz CT molecular complexity index is 582. The molecule has 0 fully saturated rings. The average Bonchev–Trinajstić information content (AvgIpc) is 2.53. The number of hydrogen-bond acceptors (Lipinski definition) is 3. The number of oxime groups is 1. The standard InChI is InChI=1S/C17H18N2O2/c1-14(16-10-6-3-7-11-16)19-17(20)13-21-18-12-15-8-4-2-5-9-15/h2-12,14H,13H2,1H3,(H,19,20)/b18-12-/t14-/m1/s1. The number of nitrogens with one attached hydrogen (secondary N) is 1. The Morgan fingerprint density at radius 2 is 1.76 bits per heavy atom. The molecule has 0 saturated carbocycles. The van der Waals surface area contributed by atoms with Crippen LogP contribution < -0.4 is 5.32 Å². The molecule has 0 heterocycles. The van der Waals surface area contributed by atoms with Gasteiger partial charge in [-0.3, -0.25) is 4.79 Å². The topological polar surface area (TPSA) is 50.7 Å². The molecule has 21 heavy (non-hydrogen) atoms. The monoisotopic (exact) mass is 282 g/mol. The molecule has 0 aliphatic rings. The summed E-state index contributed by atoms with van der Waals surface area (Å²) >= 11 is 0. The second kappa shape index (κ2) is 7.85. The summed E-state index contributed by atoms with van der Waals surface area (Å²) in [4.78, 5) is 16.7. The number of carbonyl (C=O) groups excluding carboxylic acids is 1. The largest absolute Gasteiger partial charge is 0.386 e. The smallest absolute Gasteiger partial charge is 0.261 e. The van der Waals surface area contributed by atoms with Crippen molar-refractivity contribution in [2.75, 3.05) is 6.61 Å². The van der Waals surface area contributed by atoms with Crippen LogP contribution in [0.15, 0.2) is 65.8 Å².